The van der Waals surface area contributed by atoms with Crippen LogP contribution in [-0.2, 0) is 6.61 Å². The van der Waals surface area contributed by atoms with Crippen LogP contribution in [0.1, 0.15) is 28.3 Å². The van der Waals surface area contributed by atoms with Crippen molar-refractivity contribution in [2.45, 2.75) is 12.6 Å². The summed E-state index contributed by atoms with van der Waals surface area (Å²) in [5, 5.41) is 23.7. The average molecular weight is 446 g/mol. The molecular formula is C22H16F2N8O. The monoisotopic (exact) mass is 446 g/mol. The van der Waals surface area contributed by atoms with Gasteiger partial charge in [0.25, 0.3) is 0 Å². The van der Waals surface area contributed by atoms with Gasteiger partial charge in [-0.1, -0.05) is 12.1 Å². The third kappa shape index (κ3) is 4.16. The maximum atomic E-state index is 13.9. The lowest BCUT2D eigenvalue weighted by atomic mass is 9.95. The van der Waals surface area contributed by atoms with Crippen molar-refractivity contribution in [3.8, 4) is 18.0 Å². The number of aromatic nitrogens is 1. The first-order valence-corrected chi connectivity index (χ1v) is 9.56. The van der Waals surface area contributed by atoms with Crippen LogP contribution in [0.25, 0.3) is 0 Å². The Morgan fingerprint density at radius 1 is 1.15 bits per heavy atom. The number of halogens is 2. The molecule has 0 saturated carbocycles. The van der Waals surface area contributed by atoms with Gasteiger partial charge in [-0.25, -0.2) is 18.8 Å². The molecule has 0 fully saturated rings. The minimum atomic E-state index is -0.758. The third-order valence-electron chi connectivity index (χ3n) is 4.93. The third-order valence-corrected chi connectivity index (χ3v) is 4.93. The summed E-state index contributed by atoms with van der Waals surface area (Å²) in [5.74, 6) is -0.500. The molecule has 1 aromatic heterocycles. The number of nitrogens with one attached hydrogen (secondary N) is 2. The highest BCUT2D eigenvalue weighted by atomic mass is 19.1. The van der Waals surface area contributed by atoms with E-state index in [2.05, 4.69) is 20.6 Å². The average Bonchev–Trinajstić information content (AvgIpc) is 2.79. The number of hydrogen-bond acceptors (Lipinski definition) is 9. The minimum absolute atomic E-state index is 0.0152. The number of guanidine groups is 1. The van der Waals surface area contributed by atoms with Crippen LogP contribution in [0.2, 0.25) is 0 Å². The Hall–Kier alpha value is -4.90. The molecule has 9 nitrogen and oxygen atoms in total. The molecule has 11 heteroatoms. The Labute approximate surface area is 186 Å². The van der Waals surface area contributed by atoms with E-state index in [-0.39, 0.29) is 41.0 Å². The number of nitriles is 2. The summed E-state index contributed by atoms with van der Waals surface area (Å²) >= 11 is 0. The molecule has 2 aromatic carbocycles. The van der Waals surface area contributed by atoms with E-state index in [0.29, 0.717) is 16.9 Å². The van der Waals surface area contributed by atoms with E-state index in [1.807, 2.05) is 6.07 Å². The van der Waals surface area contributed by atoms with Crippen molar-refractivity contribution >= 4 is 23.3 Å². The fraction of sp³-hybridized carbons (Fsp3) is 0.0909. The van der Waals surface area contributed by atoms with E-state index in [1.54, 1.807) is 30.5 Å². The number of nitrogen functional groups attached to an aromatic ring is 2. The van der Waals surface area contributed by atoms with Crippen molar-refractivity contribution < 1.29 is 13.5 Å². The van der Waals surface area contributed by atoms with E-state index in [1.165, 1.54) is 0 Å². The normalized spacial score (nSPS) is 14.2. The maximum absolute atomic E-state index is 13.9. The molecule has 6 N–H and O–H groups in total. The number of benzene rings is 2. The number of aliphatic imine (C=N–C) groups is 1. The summed E-state index contributed by atoms with van der Waals surface area (Å²) < 4.78 is 33.0. The molecular weight excluding hydrogens is 430 g/mol. The van der Waals surface area contributed by atoms with Crippen LogP contribution in [0.3, 0.4) is 0 Å². The smallest absolute Gasteiger partial charge is 0.211 e. The van der Waals surface area contributed by atoms with Crippen molar-refractivity contribution in [1.82, 2.24) is 10.3 Å². The number of nitrogens with two attached hydrogens (primary N) is 2. The van der Waals surface area contributed by atoms with Crippen molar-refractivity contribution in [1.29, 1.82) is 10.5 Å². The molecule has 1 atom stereocenters. The highest BCUT2D eigenvalue weighted by Crippen LogP contribution is 2.41. The first kappa shape index (κ1) is 21.3. The van der Waals surface area contributed by atoms with Gasteiger partial charge in [-0.3, -0.25) is 5.32 Å². The van der Waals surface area contributed by atoms with Gasteiger partial charge in [0, 0.05) is 11.1 Å². The molecule has 0 radical (unpaired) electrons. The molecule has 1 unspecified atom stereocenters. The minimum Gasteiger partial charge on any atom is -0.489 e. The molecule has 4 rings (SSSR count). The van der Waals surface area contributed by atoms with Crippen LogP contribution in [0.5, 0.6) is 5.75 Å². The molecule has 0 bridgehead atoms. The van der Waals surface area contributed by atoms with Crippen LogP contribution in [0, 0.1) is 34.4 Å². The van der Waals surface area contributed by atoms with Gasteiger partial charge in [0.1, 0.15) is 53.3 Å². The number of hydrogen-bond donors (Lipinski definition) is 4. The van der Waals surface area contributed by atoms with Gasteiger partial charge in [-0.2, -0.15) is 10.5 Å². The quantitative estimate of drug-likeness (QED) is 0.352. The number of rotatable bonds is 4. The Balaban J connectivity index is 1.72. The topological polar surface area (TPSA) is 158 Å². The van der Waals surface area contributed by atoms with Crippen LogP contribution >= 0.6 is 0 Å². The maximum Gasteiger partial charge on any atom is 0.211 e. The molecule has 1 aliphatic heterocycles. The van der Waals surface area contributed by atoms with Gasteiger partial charge in [-0.05, 0) is 35.9 Å². The second-order valence-corrected chi connectivity index (χ2v) is 7.00. The van der Waals surface area contributed by atoms with E-state index < -0.39 is 17.7 Å². The summed E-state index contributed by atoms with van der Waals surface area (Å²) in [4.78, 5) is 8.67. The number of pyridine rings is 1. The molecule has 33 heavy (non-hydrogen) atoms. The van der Waals surface area contributed by atoms with Gasteiger partial charge >= 0.3 is 0 Å². The lowest BCUT2D eigenvalue weighted by Crippen LogP contribution is -2.32. The Kier molecular flexibility index (Phi) is 5.62. The Morgan fingerprint density at radius 3 is 2.73 bits per heavy atom. The zero-order chi connectivity index (χ0) is 23.5. The van der Waals surface area contributed by atoms with Gasteiger partial charge in [0.2, 0.25) is 5.96 Å². The SMILES string of the molecule is N#CNC1=NC(c2cccc(OCc3cc(F)ccc3F)c2)c2c(nc(N)c(C#N)c2N)N1. The Bertz CT molecular complexity index is 1360. The molecule has 1 aliphatic rings. The number of anilines is 3. The molecule has 2 heterocycles. The second kappa shape index (κ2) is 8.69. The van der Waals surface area contributed by atoms with Crippen LogP contribution in [-0.4, -0.2) is 10.9 Å². The van der Waals surface area contributed by atoms with Crippen LogP contribution in [0.4, 0.5) is 26.1 Å². The van der Waals surface area contributed by atoms with Gasteiger partial charge in [-0.15, -0.1) is 0 Å². The highest BCUT2D eigenvalue weighted by Gasteiger charge is 2.29. The van der Waals surface area contributed by atoms with E-state index in [4.69, 9.17) is 21.5 Å². The predicted molar refractivity (Wildman–Crippen MR) is 117 cm³/mol. The largest absolute Gasteiger partial charge is 0.489 e. The lowest BCUT2D eigenvalue weighted by Gasteiger charge is -2.26. The number of fused-ring (bicyclic) bond motifs is 1. The molecule has 0 saturated heterocycles. The molecule has 0 amide bonds. The van der Waals surface area contributed by atoms with Crippen LogP contribution < -0.4 is 26.8 Å². The summed E-state index contributed by atoms with van der Waals surface area (Å²) in [6.45, 7) is -0.195. The standard InChI is InChI=1S/C22H16F2N8O/c23-13-4-5-16(24)12(6-13)9-33-14-3-1-2-11(7-14)19-17-18(27)15(8-25)20(28)31-21(17)32-22(30-19)29-10-26/h1-7,19H,9H2,(H6,27,28,29,30,31,32). The van der Waals surface area contributed by atoms with E-state index in [9.17, 15) is 14.0 Å². The first-order valence-electron chi connectivity index (χ1n) is 9.56. The molecule has 164 valence electrons. The Morgan fingerprint density at radius 2 is 1.97 bits per heavy atom. The van der Waals surface area contributed by atoms with Crippen molar-refractivity contribution in [2.24, 2.45) is 4.99 Å². The van der Waals surface area contributed by atoms with E-state index >= 15 is 0 Å². The molecule has 3 aromatic rings. The van der Waals surface area contributed by atoms with Gasteiger partial charge in [0.05, 0.1) is 5.69 Å². The predicted octanol–water partition coefficient (Wildman–Crippen LogP) is 2.92. The summed E-state index contributed by atoms with van der Waals surface area (Å²) in [6, 6.07) is 11.0. The van der Waals surface area contributed by atoms with E-state index in [0.717, 1.165) is 18.2 Å². The fourth-order valence-electron chi connectivity index (χ4n) is 3.41. The molecule has 0 spiro atoms. The van der Waals surface area contributed by atoms with Crippen molar-refractivity contribution in [3.05, 3.63) is 76.4 Å². The first-order chi connectivity index (χ1) is 15.9. The molecule has 0 aliphatic carbocycles. The number of ether oxygens (including phenoxy) is 1. The second-order valence-electron chi connectivity index (χ2n) is 7.00. The summed E-state index contributed by atoms with van der Waals surface area (Å²) in [7, 11) is 0. The summed E-state index contributed by atoms with van der Waals surface area (Å²) in [6.07, 6.45) is 1.77. The number of nitrogens with zero attached hydrogens (tertiary/aromatic N) is 4. The highest BCUT2D eigenvalue weighted by molar-refractivity contribution is 5.98. The zero-order valence-corrected chi connectivity index (χ0v) is 16.9. The van der Waals surface area contributed by atoms with Crippen molar-refractivity contribution in [2.75, 3.05) is 16.8 Å². The fourth-order valence-corrected chi connectivity index (χ4v) is 3.41. The van der Waals surface area contributed by atoms with Crippen LogP contribution in [0.15, 0.2) is 47.5 Å². The lowest BCUT2D eigenvalue weighted by molar-refractivity contribution is 0.298. The van der Waals surface area contributed by atoms with Gasteiger partial charge < -0.3 is 21.5 Å². The van der Waals surface area contributed by atoms with Gasteiger partial charge in [0.15, 0.2) is 6.19 Å². The zero-order valence-electron chi connectivity index (χ0n) is 16.9. The van der Waals surface area contributed by atoms with Crippen molar-refractivity contribution in [3.63, 3.8) is 0 Å². The summed E-state index contributed by atoms with van der Waals surface area (Å²) in [5.41, 5.74) is 13.2.